The summed E-state index contributed by atoms with van der Waals surface area (Å²) in [7, 11) is -1.74. The molecule has 6 heteroatoms. The molecule has 2 aromatic rings. The predicted molar refractivity (Wildman–Crippen MR) is 114 cm³/mol. The Morgan fingerprint density at radius 1 is 1.03 bits per heavy atom. The van der Waals surface area contributed by atoms with Crippen molar-refractivity contribution in [2.75, 3.05) is 13.4 Å². The number of ether oxygens (including phenoxy) is 2. The van der Waals surface area contributed by atoms with Crippen molar-refractivity contribution in [1.82, 2.24) is 0 Å². The lowest BCUT2D eigenvalue weighted by molar-refractivity contribution is -0.125. The minimum atomic E-state index is -3.31. The number of rotatable bonds is 5. The van der Waals surface area contributed by atoms with Crippen LogP contribution >= 0.6 is 0 Å². The first kappa shape index (κ1) is 21.1. The highest BCUT2D eigenvalue weighted by atomic mass is 32.2. The maximum absolute atomic E-state index is 13.3. The van der Waals surface area contributed by atoms with Gasteiger partial charge in [-0.25, -0.2) is 8.42 Å². The maximum atomic E-state index is 13.3. The fourth-order valence-corrected chi connectivity index (χ4v) is 3.97. The minimum absolute atomic E-state index is 0.140. The normalized spacial score (nSPS) is 16.3. The molecule has 0 saturated carbocycles. The summed E-state index contributed by atoms with van der Waals surface area (Å²) in [4.78, 5) is 13.5. The number of benzene rings is 2. The Labute approximate surface area is 172 Å². The lowest BCUT2D eigenvalue weighted by Crippen LogP contribution is -2.29. The van der Waals surface area contributed by atoms with Gasteiger partial charge in [-0.1, -0.05) is 19.9 Å². The third-order valence-electron chi connectivity index (χ3n) is 5.06. The average Bonchev–Trinajstić information content (AvgIpc) is 2.90. The first-order valence-corrected chi connectivity index (χ1v) is 11.3. The van der Waals surface area contributed by atoms with Gasteiger partial charge in [-0.15, -0.1) is 0 Å². The van der Waals surface area contributed by atoms with E-state index in [1.165, 1.54) is 12.1 Å². The van der Waals surface area contributed by atoms with Gasteiger partial charge in [0.1, 0.15) is 11.5 Å². The lowest BCUT2D eigenvalue weighted by Gasteiger charge is -2.18. The van der Waals surface area contributed by atoms with Gasteiger partial charge < -0.3 is 9.47 Å². The summed E-state index contributed by atoms with van der Waals surface area (Å²) in [5.41, 5.74) is 1.82. The molecule has 0 saturated heterocycles. The highest BCUT2D eigenvalue weighted by Crippen LogP contribution is 2.44. The highest BCUT2D eigenvalue weighted by molar-refractivity contribution is 7.90. The minimum Gasteiger partial charge on any atom is -0.496 e. The van der Waals surface area contributed by atoms with Gasteiger partial charge in [0.25, 0.3) is 0 Å². The van der Waals surface area contributed by atoms with Crippen molar-refractivity contribution in [3.63, 3.8) is 0 Å². The van der Waals surface area contributed by atoms with Crippen LogP contribution in [0.4, 0.5) is 0 Å². The van der Waals surface area contributed by atoms with Crippen LogP contribution in [0.1, 0.15) is 50.3 Å². The molecule has 0 bridgehead atoms. The fraction of sp³-hybridized carbons (Fsp3) is 0.348. The van der Waals surface area contributed by atoms with Crippen molar-refractivity contribution in [3.05, 3.63) is 59.2 Å². The first-order valence-electron chi connectivity index (χ1n) is 9.42. The largest absolute Gasteiger partial charge is 0.496 e. The van der Waals surface area contributed by atoms with Gasteiger partial charge in [0.05, 0.1) is 17.6 Å². The Kier molecular flexibility index (Phi) is 5.34. The van der Waals surface area contributed by atoms with Crippen LogP contribution in [0, 0.1) is 0 Å². The van der Waals surface area contributed by atoms with Gasteiger partial charge in [0.2, 0.25) is 5.78 Å². The molecule has 1 aliphatic rings. The van der Waals surface area contributed by atoms with Crippen LogP contribution in [-0.2, 0) is 19.4 Å². The van der Waals surface area contributed by atoms with E-state index >= 15 is 0 Å². The molecule has 0 amide bonds. The van der Waals surface area contributed by atoms with Gasteiger partial charge in [-0.3, -0.25) is 4.79 Å². The topological polar surface area (TPSA) is 69.7 Å². The number of carbonyl (C=O) groups excluding carboxylic acids is 1. The Morgan fingerprint density at radius 2 is 1.66 bits per heavy atom. The van der Waals surface area contributed by atoms with E-state index in [0.29, 0.717) is 28.2 Å². The van der Waals surface area contributed by atoms with E-state index in [1.807, 2.05) is 18.2 Å². The second-order valence-electron chi connectivity index (χ2n) is 8.06. The number of hydrogen-bond donors (Lipinski definition) is 0. The molecule has 3 rings (SSSR count). The molecule has 0 radical (unpaired) electrons. The monoisotopic (exact) mass is 414 g/mol. The second-order valence-corrected chi connectivity index (χ2v) is 10.1. The van der Waals surface area contributed by atoms with Crippen LogP contribution in [-0.4, -0.2) is 33.2 Å². The van der Waals surface area contributed by atoms with E-state index in [-0.39, 0.29) is 16.6 Å². The standard InChI is InChI=1S/C23H26O5S/c1-14(2)16-9-12-19(27-5)18(13-16)20-21(28-23(3,4)22(20)24)15-7-10-17(11-8-15)29(6,25)26/h7-14H,1-6H3. The van der Waals surface area contributed by atoms with E-state index in [2.05, 4.69) is 13.8 Å². The Hall–Kier alpha value is -2.60. The molecule has 0 unspecified atom stereocenters. The van der Waals surface area contributed by atoms with Gasteiger partial charge in [-0.2, -0.15) is 0 Å². The Morgan fingerprint density at radius 3 is 2.17 bits per heavy atom. The molecule has 0 N–H and O–H groups in total. The molecule has 0 spiro atoms. The maximum Gasteiger partial charge on any atom is 0.210 e. The summed E-state index contributed by atoms with van der Waals surface area (Å²) in [5, 5.41) is 0. The third-order valence-corrected chi connectivity index (χ3v) is 6.19. The third kappa shape index (κ3) is 3.94. The van der Waals surface area contributed by atoms with Crippen LogP contribution in [0.25, 0.3) is 11.3 Å². The van der Waals surface area contributed by atoms with E-state index in [9.17, 15) is 13.2 Å². The summed E-state index contributed by atoms with van der Waals surface area (Å²) < 4.78 is 35.2. The number of Topliss-reactive ketones (excluding diaryl/α,β-unsaturated/α-hetero) is 1. The fourth-order valence-electron chi connectivity index (χ4n) is 3.34. The van der Waals surface area contributed by atoms with Crippen LogP contribution in [0.3, 0.4) is 0 Å². The van der Waals surface area contributed by atoms with Gasteiger partial charge in [0, 0.05) is 17.4 Å². The van der Waals surface area contributed by atoms with E-state index in [1.54, 1.807) is 33.1 Å². The summed E-state index contributed by atoms with van der Waals surface area (Å²) >= 11 is 0. The summed E-state index contributed by atoms with van der Waals surface area (Å²) in [6.45, 7) is 7.63. The molecule has 5 nitrogen and oxygen atoms in total. The summed E-state index contributed by atoms with van der Waals surface area (Å²) in [6, 6.07) is 12.2. The molecule has 1 heterocycles. The van der Waals surface area contributed by atoms with Crippen molar-refractivity contribution < 1.29 is 22.7 Å². The quantitative estimate of drug-likeness (QED) is 0.722. The molecule has 0 atom stereocenters. The zero-order valence-electron chi connectivity index (χ0n) is 17.6. The van der Waals surface area contributed by atoms with Crippen LogP contribution in [0.2, 0.25) is 0 Å². The smallest absolute Gasteiger partial charge is 0.210 e. The molecular weight excluding hydrogens is 388 g/mol. The first-order chi connectivity index (χ1) is 13.5. The molecule has 29 heavy (non-hydrogen) atoms. The van der Waals surface area contributed by atoms with Crippen molar-refractivity contribution >= 4 is 27.0 Å². The van der Waals surface area contributed by atoms with Crippen LogP contribution < -0.4 is 4.74 Å². The molecule has 0 aliphatic carbocycles. The number of hydrogen-bond acceptors (Lipinski definition) is 5. The Balaban J connectivity index is 2.25. The Bertz CT molecular complexity index is 1090. The highest BCUT2D eigenvalue weighted by Gasteiger charge is 2.43. The number of methoxy groups -OCH3 is 1. The zero-order valence-corrected chi connectivity index (χ0v) is 18.4. The van der Waals surface area contributed by atoms with Crippen molar-refractivity contribution in [2.24, 2.45) is 0 Å². The summed E-state index contributed by atoms with van der Waals surface area (Å²) in [6.07, 6.45) is 1.16. The SMILES string of the molecule is COc1ccc(C(C)C)cc1C1=C(c2ccc(S(C)(=O)=O)cc2)OC(C)(C)C1=O. The van der Waals surface area contributed by atoms with E-state index < -0.39 is 15.4 Å². The molecule has 154 valence electrons. The number of sulfone groups is 1. The molecular formula is C23H26O5S. The molecule has 2 aromatic carbocycles. The van der Waals surface area contributed by atoms with E-state index in [0.717, 1.165) is 11.8 Å². The number of ketones is 1. The van der Waals surface area contributed by atoms with Crippen molar-refractivity contribution in [2.45, 2.75) is 44.1 Å². The average molecular weight is 415 g/mol. The molecule has 0 fully saturated rings. The number of carbonyl (C=O) groups is 1. The van der Waals surface area contributed by atoms with Crippen molar-refractivity contribution in [3.8, 4) is 5.75 Å². The second kappa shape index (κ2) is 7.34. The van der Waals surface area contributed by atoms with Gasteiger partial charge in [-0.05, 0) is 61.7 Å². The van der Waals surface area contributed by atoms with Gasteiger partial charge >= 0.3 is 0 Å². The predicted octanol–water partition coefficient (Wildman–Crippen LogP) is 4.47. The van der Waals surface area contributed by atoms with Crippen molar-refractivity contribution in [1.29, 1.82) is 0 Å². The van der Waals surface area contributed by atoms with Crippen LogP contribution in [0.15, 0.2) is 47.4 Å². The lowest BCUT2D eigenvalue weighted by atomic mass is 9.89. The van der Waals surface area contributed by atoms with E-state index in [4.69, 9.17) is 9.47 Å². The molecule has 0 aromatic heterocycles. The molecule has 1 aliphatic heterocycles. The van der Waals surface area contributed by atoms with Crippen LogP contribution in [0.5, 0.6) is 5.75 Å². The summed E-state index contributed by atoms with van der Waals surface area (Å²) in [5.74, 6) is 1.16. The van der Waals surface area contributed by atoms with Gasteiger partial charge in [0.15, 0.2) is 15.4 Å². The zero-order chi connectivity index (χ0) is 21.6.